The number of sulfonamides is 1. The molecule has 0 saturated heterocycles. The van der Waals surface area contributed by atoms with E-state index in [1.807, 2.05) is 26.0 Å². The molecular formula is C24H28N4O5S2. The third-order valence-electron chi connectivity index (χ3n) is 5.16. The maximum Gasteiger partial charge on any atom is 0.304 e. The molecule has 3 aromatic rings. The first-order valence-corrected chi connectivity index (χ1v) is 13.5. The van der Waals surface area contributed by atoms with Crippen molar-refractivity contribution >= 4 is 43.2 Å². The predicted octanol–water partition coefficient (Wildman–Crippen LogP) is 3.36. The fourth-order valence-corrected chi connectivity index (χ4v) is 5.38. The Labute approximate surface area is 206 Å². The molecule has 0 heterocycles. The van der Waals surface area contributed by atoms with E-state index in [1.165, 1.54) is 38.4 Å². The summed E-state index contributed by atoms with van der Waals surface area (Å²) in [6, 6.07) is 19.4. The molecule has 2 N–H and O–H groups in total. The molecule has 3 rings (SSSR count). The van der Waals surface area contributed by atoms with Crippen molar-refractivity contribution in [3.05, 3.63) is 83.9 Å². The smallest absolute Gasteiger partial charge is 0.304 e. The van der Waals surface area contributed by atoms with Gasteiger partial charge < -0.3 is 5.32 Å². The third kappa shape index (κ3) is 6.38. The van der Waals surface area contributed by atoms with Crippen LogP contribution in [-0.2, 0) is 25.0 Å². The highest BCUT2D eigenvalue weighted by molar-refractivity contribution is 7.92. The Hall–Kier alpha value is -3.41. The molecule has 0 saturated carbocycles. The zero-order valence-electron chi connectivity index (χ0n) is 19.9. The molecule has 0 spiro atoms. The van der Waals surface area contributed by atoms with Crippen molar-refractivity contribution in [3.8, 4) is 0 Å². The van der Waals surface area contributed by atoms with Crippen LogP contribution in [0.1, 0.15) is 11.1 Å². The van der Waals surface area contributed by atoms with Crippen LogP contribution in [-0.4, -0.2) is 47.7 Å². The number of aryl methyl sites for hydroxylation is 2. The van der Waals surface area contributed by atoms with E-state index in [9.17, 15) is 21.6 Å². The standard InChI is InChI=1S/C24H28N4O5S2/c1-18-10-11-19(2)23(16-18)26-34(30,31)22-14-12-20(13-15-22)25-24(29)17-28(35(32,33)27(3)4)21-8-6-5-7-9-21/h5-16,26H,17H2,1-4H3,(H,25,29). The van der Waals surface area contributed by atoms with Gasteiger partial charge in [-0.3, -0.25) is 9.52 Å². The van der Waals surface area contributed by atoms with Crippen LogP contribution in [0.5, 0.6) is 0 Å². The molecule has 0 atom stereocenters. The first-order valence-electron chi connectivity index (χ1n) is 10.7. The Kier molecular flexibility index (Phi) is 7.83. The van der Waals surface area contributed by atoms with E-state index >= 15 is 0 Å². The van der Waals surface area contributed by atoms with Gasteiger partial charge in [-0.05, 0) is 67.4 Å². The maximum absolute atomic E-state index is 12.8. The number of nitrogens with zero attached hydrogens (tertiary/aromatic N) is 2. The second kappa shape index (κ2) is 10.5. The second-order valence-corrected chi connectivity index (χ2v) is 11.9. The normalized spacial score (nSPS) is 11.8. The number of hydrogen-bond acceptors (Lipinski definition) is 5. The Balaban J connectivity index is 1.75. The fraction of sp³-hybridized carbons (Fsp3) is 0.208. The molecule has 0 unspecified atom stereocenters. The van der Waals surface area contributed by atoms with Crippen molar-refractivity contribution in [2.45, 2.75) is 18.7 Å². The van der Waals surface area contributed by atoms with Crippen LogP contribution >= 0.6 is 0 Å². The summed E-state index contributed by atoms with van der Waals surface area (Å²) in [5, 5.41) is 2.62. The summed E-state index contributed by atoms with van der Waals surface area (Å²) < 4.78 is 55.7. The number of hydrogen-bond donors (Lipinski definition) is 2. The highest BCUT2D eigenvalue weighted by Gasteiger charge is 2.27. The van der Waals surface area contributed by atoms with E-state index in [0.717, 1.165) is 19.7 Å². The van der Waals surface area contributed by atoms with Gasteiger partial charge in [-0.2, -0.15) is 12.7 Å². The monoisotopic (exact) mass is 516 g/mol. The zero-order chi connectivity index (χ0) is 25.8. The molecule has 11 heteroatoms. The minimum Gasteiger partial charge on any atom is -0.325 e. The average Bonchev–Trinajstić information content (AvgIpc) is 2.80. The Morgan fingerprint density at radius 1 is 0.857 bits per heavy atom. The van der Waals surface area contributed by atoms with Gasteiger partial charge in [0.05, 0.1) is 16.3 Å². The van der Waals surface area contributed by atoms with Crippen molar-refractivity contribution in [1.29, 1.82) is 0 Å². The molecule has 0 aliphatic rings. The van der Waals surface area contributed by atoms with Gasteiger partial charge in [0, 0.05) is 19.8 Å². The first-order chi connectivity index (χ1) is 16.4. The van der Waals surface area contributed by atoms with Crippen LogP contribution in [0, 0.1) is 13.8 Å². The van der Waals surface area contributed by atoms with Gasteiger partial charge in [-0.15, -0.1) is 0 Å². The topological polar surface area (TPSA) is 116 Å². The molecule has 1 amide bonds. The van der Waals surface area contributed by atoms with Crippen molar-refractivity contribution in [3.63, 3.8) is 0 Å². The lowest BCUT2D eigenvalue weighted by Crippen LogP contribution is -2.44. The van der Waals surface area contributed by atoms with Crippen LogP contribution in [0.15, 0.2) is 77.7 Å². The van der Waals surface area contributed by atoms with Gasteiger partial charge in [0.1, 0.15) is 6.54 Å². The number of carbonyl (C=O) groups is 1. The van der Waals surface area contributed by atoms with E-state index in [0.29, 0.717) is 17.1 Å². The fourth-order valence-electron chi connectivity index (χ4n) is 3.20. The summed E-state index contributed by atoms with van der Waals surface area (Å²) in [4.78, 5) is 12.7. The molecule has 3 aromatic carbocycles. The van der Waals surface area contributed by atoms with Gasteiger partial charge in [-0.25, -0.2) is 12.7 Å². The molecule has 0 aromatic heterocycles. The average molecular weight is 517 g/mol. The lowest BCUT2D eigenvalue weighted by atomic mass is 10.1. The lowest BCUT2D eigenvalue weighted by molar-refractivity contribution is -0.114. The maximum atomic E-state index is 12.8. The SMILES string of the molecule is Cc1ccc(C)c(NS(=O)(=O)c2ccc(NC(=O)CN(c3ccccc3)S(=O)(=O)N(C)C)cc2)c1. The summed E-state index contributed by atoms with van der Waals surface area (Å²) in [6.07, 6.45) is 0. The number of para-hydroxylation sites is 1. The van der Waals surface area contributed by atoms with E-state index < -0.39 is 32.7 Å². The predicted molar refractivity (Wildman–Crippen MR) is 138 cm³/mol. The highest BCUT2D eigenvalue weighted by Crippen LogP contribution is 2.23. The third-order valence-corrected chi connectivity index (χ3v) is 8.36. The largest absolute Gasteiger partial charge is 0.325 e. The van der Waals surface area contributed by atoms with Crippen LogP contribution < -0.4 is 14.3 Å². The number of benzene rings is 3. The Morgan fingerprint density at radius 3 is 2.09 bits per heavy atom. The van der Waals surface area contributed by atoms with Crippen LogP contribution in [0.25, 0.3) is 0 Å². The van der Waals surface area contributed by atoms with Crippen molar-refractivity contribution in [1.82, 2.24) is 4.31 Å². The molecule has 35 heavy (non-hydrogen) atoms. The van der Waals surface area contributed by atoms with Crippen molar-refractivity contribution in [2.75, 3.05) is 35.0 Å². The summed E-state index contributed by atoms with van der Waals surface area (Å²) in [7, 11) is -4.99. The summed E-state index contributed by atoms with van der Waals surface area (Å²) in [6.45, 7) is 3.22. The number of anilines is 3. The van der Waals surface area contributed by atoms with Gasteiger partial charge >= 0.3 is 10.2 Å². The van der Waals surface area contributed by atoms with E-state index in [-0.39, 0.29) is 4.90 Å². The summed E-state index contributed by atoms with van der Waals surface area (Å²) >= 11 is 0. The minimum absolute atomic E-state index is 0.0255. The van der Waals surface area contributed by atoms with Crippen LogP contribution in [0.4, 0.5) is 17.1 Å². The van der Waals surface area contributed by atoms with Gasteiger partial charge in [0.2, 0.25) is 5.91 Å². The molecule has 0 fully saturated rings. The minimum atomic E-state index is -3.92. The van der Waals surface area contributed by atoms with Gasteiger partial charge in [0.15, 0.2) is 0 Å². The second-order valence-electron chi connectivity index (χ2n) is 8.13. The lowest BCUT2D eigenvalue weighted by Gasteiger charge is -2.26. The van der Waals surface area contributed by atoms with Crippen LogP contribution in [0.2, 0.25) is 0 Å². The molecule has 0 aliphatic heterocycles. The number of carbonyl (C=O) groups excluding carboxylic acids is 1. The molecular weight excluding hydrogens is 488 g/mol. The molecule has 0 radical (unpaired) electrons. The quantitative estimate of drug-likeness (QED) is 0.453. The summed E-state index contributed by atoms with van der Waals surface area (Å²) in [5.74, 6) is -0.580. The molecule has 0 bridgehead atoms. The van der Waals surface area contributed by atoms with Crippen molar-refractivity contribution < 1.29 is 21.6 Å². The number of rotatable bonds is 9. The first kappa shape index (κ1) is 26.2. The molecule has 0 aliphatic carbocycles. The highest BCUT2D eigenvalue weighted by atomic mass is 32.2. The summed E-state index contributed by atoms with van der Waals surface area (Å²) in [5.41, 5.74) is 2.88. The number of amides is 1. The Bertz CT molecular complexity index is 1410. The van der Waals surface area contributed by atoms with E-state index in [4.69, 9.17) is 0 Å². The van der Waals surface area contributed by atoms with E-state index in [2.05, 4.69) is 10.0 Å². The molecule has 186 valence electrons. The van der Waals surface area contributed by atoms with Gasteiger partial charge in [-0.1, -0.05) is 30.3 Å². The van der Waals surface area contributed by atoms with Crippen molar-refractivity contribution in [2.24, 2.45) is 0 Å². The van der Waals surface area contributed by atoms with E-state index in [1.54, 1.807) is 36.4 Å². The van der Waals surface area contributed by atoms with Crippen LogP contribution in [0.3, 0.4) is 0 Å². The van der Waals surface area contributed by atoms with Gasteiger partial charge in [0.25, 0.3) is 10.0 Å². The zero-order valence-corrected chi connectivity index (χ0v) is 21.5. The Morgan fingerprint density at radius 2 is 1.49 bits per heavy atom. The number of nitrogens with one attached hydrogen (secondary N) is 2. The molecule has 9 nitrogen and oxygen atoms in total.